The SMILES string of the molecule is CCOC(=O)c1c(NC(=O)c2ccccc2C(=O)Nc2sc(C(=O)N(CC)CC)c(C)c2C(=O)OCC)sc(C(=O)N(CC)CC)c1C. The van der Waals surface area contributed by atoms with E-state index in [4.69, 9.17) is 9.47 Å². The molecule has 0 aliphatic heterocycles. The summed E-state index contributed by atoms with van der Waals surface area (Å²) in [5, 5.41) is 5.67. The lowest BCUT2D eigenvalue weighted by molar-refractivity contribution is 0.0517. The Morgan fingerprint density at radius 1 is 0.604 bits per heavy atom. The summed E-state index contributed by atoms with van der Waals surface area (Å²) in [5.41, 5.74) is 0.825. The second-order valence-corrected chi connectivity index (χ2v) is 12.4. The second kappa shape index (κ2) is 17.0. The third kappa shape index (κ3) is 7.93. The van der Waals surface area contributed by atoms with Gasteiger partial charge < -0.3 is 29.9 Å². The molecule has 258 valence electrons. The first-order valence-corrected chi connectivity index (χ1v) is 17.4. The number of nitrogens with one attached hydrogen (secondary N) is 2. The molecule has 0 atom stereocenters. The minimum absolute atomic E-state index is 0.0297. The van der Waals surface area contributed by atoms with E-state index >= 15 is 0 Å². The number of nitrogens with zero attached hydrogens (tertiary/aromatic N) is 2. The summed E-state index contributed by atoms with van der Waals surface area (Å²) >= 11 is 1.92. The van der Waals surface area contributed by atoms with Crippen LogP contribution in [0.4, 0.5) is 10.0 Å². The zero-order valence-corrected chi connectivity index (χ0v) is 30.2. The number of anilines is 2. The monoisotopic (exact) mass is 698 g/mol. The van der Waals surface area contributed by atoms with Crippen LogP contribution < -0.4 is 10.6 Å². The lowest BCUT2D eigenvalue weighted by atomic mass is 10.1. The fourth-order valence-corrected chi connectivity index (χ4v) is 7.35. The molecule has 0 saturated carbocycles. The maximum Gasteiger partial charge on any atom is 0.341 e. The summed E-state index contributed by atoms with van der Waals surface area (Å²) in [4.78, 5) is 83.8. The van der Waals surface area contributed by atoms with Gasteiger partial charge in [0.2, 0.25) is 0 Å². The number of amides is 4. The largest absolute Gasteiger partial charge is 0.462 e. The first-order chi connectivity index (χ1) is 22.9. The summed E-state index contributed by atoms with van der Waals surface area (Å²) in [7, 11) is 0. The van der Waals surface area contributed by atoms with Crippen molar-refractivity contribution in [2.75, 3.05) is 50.0 Å². The molecule has 4 amide bonds. The van der Waals surface area contributed by atoms with E-state index in [-0.39, 0.29) is 67.0 Å². The molecule has 1 aromatic carbocycles. The fraction of sp³-hybridized carbons (Fsp3) is 0.412. The molecule has 3 aromatic rings. The molecule has 12 nitrogen and oxygen atoms in total. The molecule has 0 saturated heterocycles. The van der Waals surface area contributed by atoms with Crippen molar-refractivity contribution in [3.05, 3.63) is 67.4 Å². The summed E-state index contributed by atoms with van der Waals surface area (Å²) in [6.45, 7) is 15.9. The van der Waals surface area contributed by atoms with E-state index in [1.54, 1.807) is 49.6 Å². The number of hydrogen-bond acceptors (Lipinski definition) is 10. The van der Waals surface area contributed by atoms with Gasteiger partial charge in [-0.3, -0.25) is 19.2 Å². The van der Waals surface area contributed by atoms with Crippen molar-refractivity contribution in [2.24, 2.45) is 0 Å². The first kappa shape index (κ1) is 37.9. The highest BCUT2D eigenvalue weighted by Crippen LogP contribution is 2.37. The van der Waals surface area contributed by atoms with E-state index < -0.39 is 23.8 Å². The van der Waals surface area contributed by atoms with E-state index in [0.717, 1.165) is 22.7 Å². The third-order valence-corrected chi connectivity index (χ3v) is 10.0. The van der Waals surface area contributed by atoms with Crippen LogP contribution in [0, 0.1) is 13.8 Å². The lowest BCUT2D eigenvalue weighted by Gasteiger charge is -2.18. The van der Waals surface area contributed by atoms with Crippen molar-refractivity contribution < 1.29 is 38.2 Å². The van der Waals surface area contributed by atoms with E-state index in [2.05, 4.69) is 10.6 Å². The van der Waals surface area contributed by atoms with Crippen molar-refractivity contribution in [3.63, 3.8) is 0 Å². The second-order valence-electron chi connectivity index (χ2n) is 10.4. The number of thiophene rings is 2. The van der Waals surface area contributed by atoms with Gasteiger partial charge in [-0.15, -0.1) is 22.7 Å². The molecule has 2 aromatic heterocycles. The molecule has 0 radical (unpaired) electrons. The number of benzene rings is 1. The lowest BCUT2D eigenvalue weighted by Crippen LogP contribution is -2.30. The molecule has 0 aliphatic carbocycles. The summed E-state index contributed by atoms with van der Waals surface area (Å²) < 4.78 is 10.5. The quantitative estimate of drug-likeness (QED) is 0.188. The Kier molecular flexibility index (Phi) is 13.4. The fourth-order valence-electron chi connectivity index (χ4n) is 5.04. The molecule has 14 heteroatoms. The molecule has 3 rings (SSSR count). The summed E-state index contributed by atoms with van der Waals surface area (Å²) in [5.74, 6) is -3.37. The Morgan fingerprint density at radius 3 is 1.23 bits per heavy atom. The number of carbonyl (C=O) groups excluding carboxylic acids is 6. The van der Waals surface area contributed by atoms with Gasteiger partial charge in [0.25, 0.3) is 23.6 Å². The van der Waals surface area contributed by atoms with Crippen molar-refractivity contribution in [2.45, 2.75) is 55.4 Å². The predicted molar refractivity (Wildman–Crippen MR) is 187 cm³/mol. The van der Waals surface area contributed by atoms with Gasteiger partial charge in [-0.25, -0.2) is 9.59 Å². The van der Waals surface area contributed by atoms with Gasteiger partial charge in [-0.05, 0) is 78.6 Å². The summed E-state index contributed by atoms with van der Waals surface area (Å²) in [6.07, 6.45) is 0. The molecule has 0 spiro atoms. The predicted octanol–water partition coefficient (Wildman–Crippen LogP) is 6.25. The zero-order valence-electron chi connectivity index (χ0n) is 28.5. The topological polar surface area (TPSA) is 151 Å². The number of ether oxygens (including phenoxy) is 2. The highest BCUT2D eigenvalue weighted by Gasteiger charge is 2.31. The smallest absolute Gasteiger partial charge is 0.341 e. The minimum Gasteiger partial charge on any atom is -0.462 e. The number of hydrogen-bond donors (Lipinski definition) is 2. The average Bonchev–Trinajstić information content (AvgIpc) is 3.57. The average molecular weight is 699 g/mol. The molecule has 0 fully saturated rings. The van der Waals surface area contributed by atoms with Gasteiger partial charge in [-0.1, -0.05) is 12.1 Å². The third-order valence-electron chi connectivity index (χ3n) is 7.61. The highest BCUT2D eigenvalue weighted by atomic mass is 32.1. The van der Waals surface area contributed by atoms with Crippen LogP contribution in [0.5, 0.6) is 0 Å². The number of rotatable bonds is 14. The highest BCUT2D eigenvalue weighted by molar-refractivity contribution is 7.19. The van der Waals surface area contributed by atoms with Gasteiger partial charge in [-0.2, -0.15) is 0 Å². The van der Waals surface area contributed by atoms with Crippen LogP contribution in [0.2, 0.25) is 0 Å². The molecule has 0 bridgehead atoms. The molecular formula is C34H42N4O8S2. The van der Waals surface area contributed by atoms with Crippen molar-refractivity contribution in [3.8, 4) is 0 Å². The first-order valence-electron chi connectivity index (χ1n) is 15.8. The molecule has 2 heterocycles. The molecule has 0 unspecified atom stereocenters. The Balaban J connectivity index is 2.04. The van der Waals surface area contributed by atoms with Crippen molar-refractivity contribution in [1.82, 2.24) is 9.80 Å². The Hall–Kier alpha value is -4.56. The van der Waals surface area contributed by atoms with Crippen LogP contribution in [0.3, 0.4) is 0 Å². The van der Waals surface area contributed by atoms with Crippen LogP contribution in [0.1, 0.15) is 113 Å². The van der Waals surface area contributed by atoms with Crippen LogP contribution in [0.15, 0.2) is 24.3 Å². The van der Waals surface area contributed by atoms with Gasteiger partial charge in [0.05, 0.1) is 45.2 Å². The van der Waals surface area contributed by atoms with E-state index in [0.29, 0.717) is 37.3 Å². The van der Waals surface area contributed by atoms with Gasteiger partial charge in [0.15, 0.2) is 0 Å². The number of esters is 2. The van der Waals surface area contributed by atoms with Crippen molar-refractivity contribution >= 4 is 68.2 Å². The van der Waals surface area contributed by atoms with Crippen LogP contribution >= 0.6 is 22.7 Å². The standard InChI is InChI=1S/C34H42N4O8S2/c1-9-37(10-2)31(41)25-19(7)23(33(43)45-13-5)29(47-25)35-27(39)21-17-15-16-18-22(21)28(40)36-30-24(34(44)46-14-6)20(8)26(48-30)32(42)38(11-3)12-4/h15-18H,9-14H2,1-8H3,(H,35,39)(H,36,40). The van der Waals surface area contributed by atoms with Crippen LogP contribution in [-0.2, 0) is 9.47 Å². The molecule has 0 aliphatic rings. The van der Waals surface area contributed by atoms with Crippen molar-refractivity contribution in [1.29, 1.82) is 0 Å². The van der Waals surface area contributed by atoms with E-state index in [1.165, 1.54) is 12.1 Å². The van der Waals surface area contributed by atoms with E-state index in [9.17, 15) is 28.8 Å². The van der Waals surface area contributed by atoms with Crippen LogP contribution in [0.25, 0.3) is 0 Å². The normalized spacial score (nSPS) is 10.7. The number of carbonyl (C=O) groups is 6. The summed E-state index contributed by atoms with van der Waals surface area (Å²) in [6, 6.07) is 6.04. The molecular weight excluding hydrogens is 657 g/mol. The molecule has 48 heavy (non-hydrogen) atoms. The van der Waals surface area contributed by atoms with Gasteiger partial charge in [0.1, 0.15) is 10.0 Å². The zero-order chi connectivity index (χ0) is 35.7. The minimum atomic E-state index is -0.709. The Labute approximate surface area is 288 Å². The van der Waals surface area contributed by atoms with Gasteiger partial charge >= 0.3 is 11.9 Å². The maximum absolute atomic E-state index is 13.8. The van der Waals surface area contributed by atoms with E-state index in [1.807, 2.05) is 27.7 Å². The maximum atomic E-state index is 13.8. The van der Waals surface area contributed by atoms with Crippen LogP contribution in [-0.4, -0.2) is 84.8 Å². The Morgan fingerprint density at radius 2 is 0.938 bits per heavy atom. The molecule has 2 N–H and O–H groups in total. The van der Waals surface area contributed by atoms with Gasteiger partial charge in [0, 0.05) is 26.2 Å². The Bertz CT molecular complexity index is 1580.